The molecule has 0 N–H and O–H groups in total. The topological polar surface area (TPSA) is 53.5 Å². The van der Waals surface area contributed by atoms with Crippen LogP contribution < -0.4 is 4.90 Å². The van der Waals surface area contributed by atoms with E-state index in [-0.39, 0.29) is 9.92 Å². The molecule has 0 radical (unpaired) electrons. The molecule has 2 heterocycles. The van der Waals surface area contributed by atoms with E-state index in [1.165, 1.54) is 4.31 Å². The molecular weight excluding hydrogens is 334 g/mol. The summed E-state index contributed by atoms with van der Waals surface area (Å²) in [5.74, 6) is 0.874. The number of piperazine rings is 1. The second-order valence-corrected chi connectivity index (χ2v) is 7.75. The van der Waals surface area contributed by atoms with Gasteiger partial charge in [0.15, 0.2) is 0 Å². The average Bonchev–Trinajstić information content (AvgIpc) is 2.55. The number of sulfonamides is 1. The number of aromatic nitrogens is 1. The van der Waals surface area contributed by atoms with Gasteiger partial charge in [0.05, 0.1) is 5.02 Å². The zero-order chi connectivity index (χ0) is 16.4. The van der Waals surface area contributed by atoms with Gasteiger partial charge in [0.2, 0.25) is 10.0 Å². The van der Waals surface area contributed by atoms with E-state index in [1.807, 2.05) is 18.2 Å². The number of rotatable bonds is 3. The Labute approximate surface area is 141 Å². The first-order valence-electron chi connectivity index (χ1n) is 7.41. The molecule has 1 saturated heterocycles. The molecule has 1 aliphatic heterocycles. The summed E-state index contributed by atoms with van der Waals surface area (Å²) in [6, 6.07) is 10.9. The van der Waals surface area contributed by atoms with E-state index in [0.29, 0.717) is 31.7 Å². The molecule has 5 nitrogen and oxygen atoms in total. The number of benzene rings is 1. The first-order chi connectivity index (χ1) is 11.0. The highest BCUT2D eigenvalue weighted by molar-refractivity contribution is 7.89. The Balaban J connectivity index is 1.79. The Bertz CT molecular complexity index is 768. The van der Waals surface area contributed by atoms with Crippen LogP contribution >= 0.6 is 11.6 Å². The third-order valence-electron chi connectivity index (χ3n) is 3.97. The zero-order valence-electron chi connectivity index (χ0n) is 12.8. The van der Waals surface area contributed by atoms with Gasteiger partial charge >= 0.3 is 0 Å². The van der Waals surface area contributed by atoms with Crippen LogP contribution in [0.2, 0.25) is 5.02 Å². The highest BCUT2D eigenvalue weighted by Gasteiger charge is 2.31. The first-order valence-corrected chi connectivity index (χ1v) is 9.23. The van der Waals surface area contributed by atoms with Gasteiger partial charge in [-0.25, -0.2) is 13.4 Å². The van der Waals surface area contributed by atoms with Crippen molar-refractivity contribution in [3.05, 3.63) is 53.2 Å². The van der Waals surface area contributed by atoms with E-state index in [9.17, 15) is 8.42 Å². The van der Waals surface area contributed by atoms with Crippen LogP contribution in [-0.4, -0.2) is 43.9 Å². The summed E-state index contributed by atoms with van der Waals surface area (Å²) in [4.78, 5) is 6.62. The van der Waals surface area contributed by atoms with E-state index in [2.05, 4.69) is 9.88 Å². The molecule has 7 heteroatoms. The lowest BCUT2D eigenvalue weighted by Crippen LogP contribution is -2.49. The normalized spacial score (nSPS) is 16.5. The van der Waals surface area contributed by atoms with E-state index in [0.717, 1.165) is 5.82 Å². The van der Waals surface area contributed by atoms with Crippen molar-refractivity contribution in [1.29, 1.82) is 0 Å². The number of hydrogen-bond donors (Lipinski definition) is 0. The molecule has 0 atom stereocenters. The lowest BCUT2D eigenvalue weighted by Gasteiger charge is -2.35. The first kappa shape index (κ1) is 16.2. The van der Waals surface area contributed by atoms with Gasteiger partial charge in [0, 0.05) is 32.4 Å². The molecule has 0 bridgehead atoms. The lowest BCUT2D eigenvalue weighted by molar-refractivity contribution is 0.383. The predicted octanol–water partition coefficient (Wildman–Crippen LogP) is 2.55. The third-order valence-corrected chi connectivity index (χ3v) is 6.50. The fourth-order valence-electron chi connectivity index (χ4n) is 2.77. The van der Waals surface area contributed by atoms with Gasteiger partial charge in [0.25, 0.3) is 0 Å². The lowest BCUT2D eigenvalue weighted by atomic mass is 10.2. The summed E-state index contributed by atoms with van der Waals surface area (Å²) < 4.78 is 27.3. The molecule has 0 unspecified atom stereocenters. The molecule has 0 spiro atoms. The summed E-state index contributed by atoms with van der Waals surface area (Å²) in [5, 5.41) is 0.275. The molecule has 0 amide bonds. The Hall–Kier alpha value is -1.63. The second-order valence-electron chi connectivity index (χ2n) is 5.46. The van der Waals surface area contributed by atoms with Gasteiger partial charge in [-0.2, -0.15) is 4.31 Å². The fourth-order valence-corrected chi connectivity index (χ4v) is 4.98. The van der Waals surface area contributed by atoms with Crippen molar-refractivity contribution in [3.8, 4) is 0 Å². The van der Waals surface area contributed by atoms with Crippen LogP contribution in [-0.2, 0) is 10.0 Å². The predicted molar refractivity (Wildman–Crippen MR) is 91.4 cm³/mol. The molecular formula is C16H18ClN3O2S. The summed E-state index contributed by atoms with van der Waals surface area (Å²) in [6.07, 6.45) is 1.74. The highest BCUT2D eigenvalue weighted by atomic mass is 35.5. The van der Waals surface area contributed by atoms with Gasteiger partial charge < -0.3 is 4.90 Å². The molecule has 1 aromatic carbocycles. The van der Waals surface area contributed by atoms with Crippen LogP contribution in [0.1, 0.15) is 5.56 Å². The molecule has 3 rings (SSSR count). The third kappa shape index (κ3) is 3.20. The zero-order valence-corrected chi connectivity index (χ0v) is 14.4. The quantitative estimate of drug-likeness (QED) is 0.852. The van der Waals surface area contributed by atoms with Crippen molar-refractivity contribution >= 4 is 27.4 Å². The van der Waals surface area contributed by atoms with Gasteiger partial charge in [-0.3, -0.25) is 0 Å². The van der Waals surface area contributed by atoms with Crippen LogP contribution in [0.3, 0.4) is 0 Å². The molecule has 1 aliphatic rings. The maximum Gasteiger partial charge on any atom is 0.244 e. The monoisotopic (exact) mass is 351 g/mol. The van der Waals surface area contributed by atoms with Crippen LogP contribution in [0, 0.1) is 6.92 Å². The van der Waals surface area contributed by atoms with Crippen LogP contribution in [0.25, 0.3) is 0 Å². The van der Waals surface area contributed by atoms with E-state index < -0.39 is 10.0 Å². The number of aryl methyl sites for hydroxylation is 1. The Morgan fingerprint density at radius 2 is 1.78 bits per heavy atom. The minimum Gasteiger partial charge on any atom is -0.354 e. The molecule has 1 fully saturated rings. The Kier molecular flexibility index (Phi) is 4.57. The SMILES string of the molecule is Cc1cccc(Cl)c1S(=O)(=O)N1CCN(c2ccccn2)CC1. The van der Waals surface area contributed by atoms with Crippen molar-refractivity contribution in [3.63, 3.8) is 0 Å². The van der Waals surface area contributed by atoms with Crippen molar-refractivity contribution in [2.24, 2.45) is 0 Å². The van der Waals surface area contributed by atoms with Crippen molar-refractivity contribution in [2.75, 3.05) is 31.1 Å². The summed E-state index contributed by atoms with van der Waals surface area (Å²) in [5.41, 5.74) is 0.671. The Morgan fingerprint density at radius 3 is 2.39 bits per heavy atom. The molecule has 0 saturated carbocycles. The number of nitrogens with zero attached hydrogens (tertiary/aromatic N) is 3. The van der Waals surface area contributed by atoms with E-state index in [4.69, 9.17) is 11.6 Å². The maximum absolute atomic E-state index is 12.9. The van der Waals surface area contributed by atoms with Gasteiger partial charge in [-0.1, -0.05) is 29.8 Å². The standard InChI is InChI=1S/C16H18ClN3O2S/c1-13-5-4-6-14(17)16(13)23(21,22)20-11-9-19(10-12-20)15-7-2-3-8-18-15/h2-8H,9-12H2,1H3. The summed E-state index contributed by atoms with van der Waals surface area (Å²) >= 11 is 6.13. The van der Waals surface area contributed by atoms with Gasteiger partial charge in [-0.05, 0) is 30.7 Å². The van der Waals surface area contributed by atoms with Crippen LogP contribution in [0.4, 0.5) is 5.82 Å². The van der Waals surface area contributed by atoms with Crippen molar-refractivity contribution in [2.45, 2.75) is 11.8 Å². The summed E-state index contributed by atoms with van der Waals surface area (Å²) in [7, 11) is -3.57. The van der Waals surface area contributed by atoms with E-state index in [1.54, 1.807) is 31.3 Å². The van der Waals surface area contributed by atoms with Gasteiger partial charge in [-0.15, -0.1) is 0 Å². The Morgan fingerprint density at radius 1 is 1.04 bits per heavy atom. The summed E-state index contributed by atoms with van der Waals surface area (Å²) in [6.45, 7) is 3.83. The minimum absolute atomic E-state index is 0.216. The number of anilines is 1. The molecule has 2 aromatic rings. The molecule has 122 valence electrons. The number of pyridine rings is 1. The van der Waals surface area contributed by atoms with E-state index >= 15 is 0 Å². The van der Waals surface area contributed by atoms with Crippen LogP contribution in [0.15, 0.2) is 47.5 Å². The second kappa shape index (κ2) is 6.47. The van der Waals surface area contributed by atoms with Crippen molar-refractivity contribution in [1.82, 2.24) is 9.29 Å². The van der Waals surface area contributed by atoms with Crippen molar-refractivity contribution < 1.29 is 8.42 Å². The fraction of sp³-hybridized carbons (Fsp3) is 0.312. The molecule has 1 aromatic heterocycles. The largest absolute Gasteiger partial charge is 0.354 e. The number of halogens is 1. The average molecular weight is 352 g/mol. The smallest absolute Gasteiger partial charge is 0.244 e. The molecule has 0 aliphatic carbocycles. The van der Waals surface area contributed by atoms with Crippen LogP contribution in [0.5, 0.6) is 0 Å². The van der Waals surface area contributed by atoms with Gasteiger partial charge in [0.1, 0.15) is 10.7 Å². The minimum atomic E-state index is -3.57. The maximum atomic E-state index is 12.9. The highest BCUT2D eigenvalue weighted by Crippen LogP contribution is 2.28. The molecule has 23 heavy (non-hydrogen) atoms. The number of hydrogen-bond acceptors (Lipinski definition) is 4.